The van der Waals surface area contributed by atoms with Crippen molar-refractivity contribution in [2.75, 3.05) is 6.54 Å². The Hall–Kier alpha value is -1.85. The van der Waals surface area contributed by atoms with E-state index in [-0.39, 0.29) is 0 Å². The lowest BCUT2D eigenvalue weighted by atomic mass is 10.4. The lowest BCUT2D eigenvalue weighted by molar-refractivity contribution is -0.131. The quantitative estimate of drug-likeness (QED) is 0.654. The predicted octanol–water partition coefficient (Wildman–Crippen LogP) is -0.308. The molecule has 0 saturated carbocycles. The van der Waals surface area contributed by atoms with Gasteiger partial charge in [0, 0.05) is 25.4 Å². The van der Waals surface area contributed by atoms with Gasteiger partial charge in [0.05, 0.1) is 6.54 Å². The first-order valence-electron chi connectivity index (χ1n) is 4.27. The van der Waals surface area contributed by atoms with Crippen molar-refractivity contribution in [2.45, 2.75) is 13.1 Å². The maximum absolute atomic E-state index is 10.3. The first kappa shape index (κ1) is 8.74. The summed E-state index contributed by atoms with van der Waals surface area (Å²) in [5.41, 5.74) is 0. The number of hydrogen-bond acceptors (Lipinski definition) is 4. The molecule has 1 aliphatic rings. The number of fused-ring (bicyclic) bond motifs is 1. The summed E-state index contributed by atoms with van der Waals surface area (Å²) in [4.78, 5) is 12.2. The first-order valence-corrected chi connectivity index (χ1v) is 4.27. The summed E-state index contributed by atoms with van der Waals surface area (Å²) in [5, 5.41) is 16.2. The molecule has 1 aromatic heterocycles. The molecule has 0 radical (unpaired) electrons. The molecule has 6 nitrogen and oxygen atoms in total. The Morgan fingerprint density at radius 2 is 2.43 bits per heavy atom. The molecule has 0 unspecified atom stereocenters. The van der Waals surface area contributed by atoms with Crippen molar-refractivity contribution in [1.29, 1.82) is 0 Å². The molecule has 74 valence electrons. The molecule has 0 fully saturated rings. The minimum absolute atomic E-state index is 0.615. The molecular formula is C8H10N4O2. The van der Waals surface area contributed by atoms with Crippen LogP contribution >= 0.6 is 0 Å². The highest BCUT2D eigenvalue weighted by molar-refractivity contribution is 5.79. The summed E-state index contributed by atoms with van der Waals surface area (Å²) >= 11 is 0. The molecule has 0 saturated heterocycles. The molecule has 1 aliphatic heterocycles. The van der Waals surface area contributed by atoms with E-state index in [4.69, 9.17) is 5.11 Å². The van der Waals surface area contributed by atoms with E-state index >= 15 is 0 Å². The number of carboxylic acid groups (broad SMARTS) is 1. The van der Waals surface area contributed by atoms with Crippen LogP contribution in [-0.2, 0) is 17.9 Å². The van der Waals surface area contributed by atoms with Crippen LogP contribution in [0.5, 0.6) is 0 Å². The standard InChI is InChI=1S/C8H10N4O2/c13-8(14)1-2-11-3-4-12-6-9-10-7(12)5-11/h1-2,6H,3-5H2,(H,13,14). The zero-order valence-corrected chi connectivity index (χ0v) is 7.50. The fourth-order valence-electron chi connectivity index (χ4n) is 1.38. The molecule has 0 atom stereocenters. The van der Waals surface area contributed by atoms with Crippen LogP contribution in [0.25, 0.3) is 0 Å². The van der Waals surface area contributed by atoms with Gasteiger partial charge in [0.1, 0.15) is 6.33 Å². The lowest BCUT2D eigenvalue weighted by Gasteiger charge is -2.25. The Bertz CT molecular complexity index is 371. The molecule has 0 aliphatic carbocycles. The Kier molecular flexibility index (Phi) is 2.18. The van der Waals surface area contributed by atoms with Gasteiger partial charge < -0.3 is 14.6 Å². The zero-order valence-electron chi connectivity index (χ0n) is 7.50. The second-order valence-electron chi connectivity index (χ2n) is 3.07. The van der Waals surface area contributed by atoms with Crippen molar-refractivity contribution < 1.29 is 9.90 Å². The Morgan fingerprint density at radius 3 is 3.21 bits per heavy atom. The fourth-order valence-corrected chi connectivity index (χ4v) is 1.38. The SMILES string of the molecule is O=C(O)C=CN1CCn2cnnc2C1. The summed E-state index contributed by atoms with van der Waals surface area (Å²) in [6.45, 7) is 2.20. The fraction of sp³-hybridized carbons (Fsp3) is 0.375. The zero-order chi connectivity index (χ0) is 9.97. The van der Waals surface area contributed by atoms with Crippen LogP contribution in [0.4, 0.5) is 0 Å². The van der Waals surface area contributed by atoms with E-state index in [0.717, 1.165) is 25.0 Å². The van der Waals surface area contributed by atoms with Gasteiger partial charge in [-0.1, -0.05) is 0 Å². The third-order valence-electron chi connectivity index (χ3n) is 2.10. The number of carboxylic acids is 1. The minimum Gasteiger partial charge on any atom is -0.478 e. The monoisotopic (exact) mass is 194 g/mol. The van der Waals surface area contributed by atoms with Gasteiger partial charge in [0.2, 0.25) is 0 Å². The van der Waals surface area contributed by atoms with Gasteiger partial charge in [-0.15, -0.1) is 10.2 Å². The highest BCUT2D eigenvalue weighted by Crippen LogP contribution is 2.08. The van der Waals surface area contributed by atoms with Crippen LogP contribution in [0.15, 0.2) is 18.6 Å². The average molecular weight is 194 g/mol. The van der Waals surface area contributed by atoms with E-state index in [1.54, 1.807) is 12.5 Å². The van der Waals surface area contributed by atoms with Gasteiger partial charge in [-0.3, -0.25) is 0 Å². The van der Waals surface area contributed by atoms with Crippen molar-refractivity contribution >= 4 is 5.97 Å². The second-order valence-corrected chi connectivity index (χ2v) is 3.07. The van der Waals surface area contributed by atoms with E-state index in [2.05, 4.69) is 10.2 Å². The van der Waals surface area contributed by atoms with Gasteiger partial charge >= 0.3 is 5.97 Å². The number of aliphatic carboxylic acids is 1. The third-order valence-corrected chi connectivity index (χ3v) is 2.10. The smallest absolute Gasteiger partial charge is 0.329 e. The van der Waals surface area contributed by atoms with Crippen LogP contribution in [0.3, 0.4) is 0 Å². The highest BCUT2D eigenvalue weighted by Gasteiger charge is 2.14. The van der Waals surface area contributed by atoms with Crippen LogP contribution in [0.1, 0.15) is 5.82 Å². The summed E-state index contributed by atoms with van der Waals surface area (Å²) in [5.74, 6) is -0.0664. The molecular weight excluding hydrogens is 184 g/mol. The molecule has 1 aromatic rings. The molecule has 0 amide bonds. The molecule has 1 N–H and O–H groups in total. The number of nitrogens with zero attached hydrogens (tertiary/aromatic N) is 4. The Balaban J connectivity index is 2.04. The summed E-state index contributed by atoms with van der Waals surface area (Å²) in [6.07, 6.45) is 4.39. The van der Waals surface area contributed by atoms with Crippen LogP contribution < -0.4 is 0 Å². The van der Waals surface area contributed by atoms with E-state index < -0.39 is 5.97 Å². The summed E-state index contributed by atoms with van der Waals surface area (Å²) in [6, 6.07) is 0. The average Bonchev–Trinajstić information content (AvgIpc) is 2.61. The highest BCUT2D eigenvalue weighted by atomic mass is 16.4. The number of rotatable bonds is 2. The predicted molar refractivity (Wildman–Crippen MR) is 47.2 cm³/mol. The van der Waals surface area contributed by atoms with Crippen molar-refractivity contribution in [3.05, 3.63) is 24.4 Å². The Morgan fingerprint density at radius 1 is 1.57 bits per heavy atom. The molecule has 14 heavy (non-hydrogen) atoms. The van der Waals surface area contributed by atoms with Gasteiger partial charge in [-0.05, 0) is 0 Å². The summed E-state index contributed by atoms with van der Waals surface area (Å²) in [7, 11) is 0. The topological polar surface area (TPSA) is 71.2 Å². The van der Waals surface area contributed by atoms with E-state index in [1.165, 1.54) is 0 Å². The van der Waals surface area contributed by atoms with Crippen molar-refractivity contribution in [1.82, 2.24) is 19.7 Å². The molecule has 0 spiro atoms. The number of hydrogen-bond donors (Lipinski definition) is 1. The van der Waals surface area contributed by atoms with Crippen LogP contribution in [0, 0.1) is 0 Å². The van der Waals surface area contributed by atoms with Crippen molar-refractivity contribution in [2.24, 2.45) is 0 Å². The van der Waals surface area contributed by atoms with Crippen LogP contribution in [0.2, 0.25) is 0 Å². The van der Waals surface area contributed by atoms with Gasteiger partial charge in [-0.25, -0.2) is 4.79 Å². The van der Waals surface area contributed by atoms with E-state index in [1.807, 2.05) is 9.47 Å². The van der Waals surface area contributed by atoms with Gasteiger partial charge in [0.25, 0.3) is 0 Å². The largest absolute Gasteiger partial charge is 0.478 e. The molecule has 2 heterocycles. The normalized spacial score (nSPS) is 15.9. The third kappa shape index (κ3) is 1.73. The molecule has 0 bridgehead atoms. The van der Waals surface area contributed by atoms with E-state index in [9.17, 15) is 4.79 Å². The van der Waals surface area contributed by atoms with Gasteiger partial charge in [0.15, 0.2) is 5.82 Å². The lowest BCUT2D eigenvalue weighted by Crippen LogP contribution is -2.29. The first-order chi connectivity index (χ1) is 6.75. The van der Waals surface area contributed by atoms with Crippen molar-refractivity contribution in [3.8, 4) is 0 Å². The summed E-state index contributed by atoms with van der Waals surface area (Å²) < 4.78 is 1.96. The van der Waals surface area contributed by atoms with E-state index in [0.29, 0.717) is 6.54 Å². The van der Waals surface area contributed by atoms with Gasteiger partial charge in [-0.2, -0.15) is 0 Å². The molecule has 0 aromatic carbocycles. The molecule has 2 rings (SSSR count). The maximum Gasteiger partial charge on any atom is 0.329 e. The Labute approximate surface area is 80.5 Å². The second kappa shape index (κ2) is 3.49. The number of carbonyl (C=O) groups is 1. The minimum atomic E-state index is -0.933. The molecule has 6 heteroatoms. The van der Waals surface area contributed by atoms with Crippen molar-refractivity contribution in [3.63, 3.8) is 0 Å². The maximum atomic E-state index is 10.3. The van der Waals surface area contributed by atoms with Crippen LogP contribution in [-0.4, -0.2) is 37.3 Å². The number of aromatic nitrogens is 3.